The number of halogens is 1. The topological polar surface area (TPSA) is 55.6 Å². The number of rotatable bonds is 2. The third kappa shape index (κ3) is 2.24. The summed E-state index contributed by atoms with van der Waals surface area (Å²) in [6.45, 7) is 1.92. The minimum Gasteiger partial charge on any atom is -0.336 e. The van der Waals surface area contributed by atoms with Gasteiger partial charge in [0.25, 0.3) is 0 Å². The number of anilines is 2. The summed E-state index contributed by atoms with van der Waals surface area (Å²) in [5.74, 6) is 0.649. The zero-order chi connectivity index (χ0) is 10.8. The fourth-order valence-electron chi connectivity index (χ4n) is 1.24. The Morgan fingerprint density at radius 3 is 2.67 bits per heavy atom. The Morgan fingerprint density at radius 1 is 1.33 bits per heavy atom. The van der Waals surface area contributed by atoms with E-state index in [4.69, 9.17) is 11.6 Å². The molecule has 0 aromatic carbocycles. The van der Waals surface area contributed by atoms with Crippen molar-refractivity contribution in [3.8, 4) is 0 Å². The number of aryl methyl sites for hydroxylation is 2. The Labute approximate surface area is 92.1 Å². The summed E-state index contributed by atoms with van der Waals surface area (Å²) in [5.41, 5.74) is 1.82. The van der Waals surface area contributed by atoms with Crippen molar-refractivity contribution in [2.45, 2.75) is 6.92 Å². The van der Waals surface area contributed by atoms with E-state index in [0.717, 1.165) is 11.4 Å². The molecule has 0 spiro atoms. The van der Waals surface area contributed by atoms with Gasteiger partial charge in [0.15, 0.2) is 11.0 Å². The largest absolute Gasteiger partial charge is 0.336 e. The van der Waals surface area contributed by atoms with Crippen LogP contribution in [0.4, 0.5) is 11.5 Å². The van der Waals surface area contributed by atoms with Crippen molar-refractivity contribution in [1.82, 2.24) is 20.0 Å². The van der Waals surface area contributed by atoms with Crippen LogP contribution < -0.4 is 5.32 Å². The summed E-state index contributed by atoms with van der Waals surface area (Å²) in [6, 6.07) is 3.45. The number of nitrogens with zero attached hydrogens (tertiary/aromatic N) is 4. The molecule has 0 saturated carbocycles. The van der Waals surface area contributed by atoms with Crippen LogP contribution >= 0.6 is 11.6 Å². The molecule has 15 heavy (non-hydrogen) atoms. The Hall–Kier alpha value is -1.62. The molecule has 0 aliphatic rings. The van der Waals surface area contributed by atoms with E-state index in [1.807, 2.05) is 20.2 Å². The van der Waals surface area contributed by atoms with Gasteiger partial charge in [0.1, 0.15) is 0 Å². The van der Waals surface area contributed by atoms with Crippen molar-refractivity contribution in [1.29, 1.82) is 0 Å². The van der Waals surface area contributed by atoms with Crippen molar-refractivity contribution in [3.05, 3.63) is 29.2 Å². The van der Waals surface area contributed by atoms with Crippen molar-refractivity contribution in [2.75, 3.05) is 5.32 Å². The van der Waals surface area contributed by atoms with Gasteiger partial charge in [-0.2, -0.15) is 5.10 Å². The van der Waals surface area contributed by atoms with E-state index in [0.29, 0.717) is 11.0 Å². The summed E-state index contributed by atoms with van der Waals surface area (Å²) in [7, 11) is 1.87. The number of hydrogen-bond acceptors (Lipinski definition) is 4. The average molecular weight is 224 g/mol. The monoisotopic (exact) mass is 223 g/mol. The van der Waals surface area contributed by atoms with Gasteiger partial charge in [0.05, 0.1) is 11.4 Å². The van der Waals surface area contributed by atoms with Gasteiger partial charge in [-0.3, -0.25) is 4.68 Å². The lowest BCUT2D eigenvalue weighted by atomic mass is 10.4. The molecule has 78 valence electrons. The molecular weight excluding hydrogens is 214 g/mol. The molecule has 0 saturated heterocycles. The first-order chi connectivity index (χ1) is 7.15. The quantitative estimate of drug-likeness (QED) is 0.845. The normalized spacial score (nSPS) is 10.3. The zero-order valence-electron chi connectivity index (χ0n) is 8.40. The fraction of sp³-hybridized carbons (Fsp3) is 0.222. The van der Waals surface area contributed by atoms with Gasteiger partial charge in [-0.1, -0.05) is 11.6 Å². The molecule has 0 atom stereocenters. The molecule has 6 heteroatoms. The molecule has 0 aliphatic heterocycles. The first kappa shape index (κ1) is 9.92. The highest BCUT2D eigenvalue weighted by Gasteiger charge is 2.03. The number of hydrogen-bond donors (Lipinski definition) is 1. The van der Waals surface area contributed by atoms with Crippen LogP contribution in [0.15, 0.2) is 18.3 Å². The highest BCUT2D eigenvalue weighted by molar-refractivity contribution is 6.29. The van der Waals surface area contributed by atoms with E-state index in [-0.39, 0.29) is 0 Å². The van der Waals surface area contributed by atoms with Crippen molar-refractivity contribution >= 4 is 23.1 Å². The average Bonchev–Trinajstić information content (AvgIpc) is 2.49. The van der Waals surface area contributed by atoms with Gasteiger partial charge in [-0.15, -0.1) is 10.2 Å². The Bertz CT molecular complexity index is 462. The standard InChI is InChI=1S/C9H10ClN5/c1-6-7(5-15(2)14-6)11-9-4-3-8(10)12-13-9/h3-5H,1-2H3,(H,11,13). The van der Waals surface area contributed by atoms with Crippen molar-refractivity contribution in [3.63, 3.8) is 0 Å². The summed E-state index contributed by atoms with van der Waals surface area (Å²) in [4.78, 5) is 0. The zero-order valence-corrected chi connectivity index (χ0v) is 9.15. The van der Waals surface area contributed by atoms with E-state index in [9.17, 15) is 0 Å². The lowest BCUT2D eigenvalue weighted by molar-refractivity contribution is 0.756. The van der Waals surface area contributed by atoms with E-state index >= 15 is 0 Å². The molecule has 0 unspecified atom stereocenters. The lowest BCUT2D eigenvalue weighted by Crippen LogP contribution is -1.95. The highest BCUT2D eigenvalue weighted by Crippen LogP contribution is 2.17. The maximum atomic E-state index is 5.63. The summed E-state index contributed by atoms with van der Waals surface area (Å²) >= 11 is 5.63. The third-order valence-corrected chi connectivity index (χ3v) is 2.11. The van der Waals surface area contributed by atoms with Crippen LogP contribution in [0.2, 0.25) is 5.15 Å². The molecule has 0 fully saturated rings. The van der Waals surface area contributed by atoms with Gasteiger partial charge in [-0.05, 0) is 19.1 Å². The molecule has 0 bridgehead atoms. The van der Waals surface area contributed by atoms with Crippen molar-refractivity contribution in [2.24, 2.45) is 7.05 Å². The molecule has 1 N–H and O–H groups in total. The Balaban J connectivity index is 2.21. The van der Waals surface area contributed by atoms with Crippen LogP contribution in [-0.4, -0.2) is 20.0 Å². The van der Waals surface area contributed by atoms with Crippen LogP contribution in [-0.2, 0) is 7.05 Å². The molecule has 0 amide bonds. The molecule has 0 radical (unpaired) electrons. The first-order valence-corrected chi connectivity index (χ1v) is 4.79. The van der Waals surface area contributed by atoms with Crippen LogP contribution in [0.25, 0.3) is 0 Å². The molecule has 2 aromatic heterocycles. The fourth-order valence-corrected chi connectivity index (χ4v) is 1.34. The van der Waals surface area contributed by atoms with E-state index < -0.39 is 0 Å². The summed E-state index contributed by atoms with van der Waals surface area (Å²) in [5, 5.41) is 15.3. The van der Waals surface area contributed by atoms with Gasteiger partial charge in [0.2, 0.25) is 0 Å². The van der Waals surface area contributed by atoms with Crippen LogP contribution in [0, 0.1) is 6.92 Å². The molecule has 2 rings (SSSR count). The third-order valence-electron chi connectivity index (χ3n) is 1.91. The summed E-state index contributed by atoms with van der Waals surface area (Å²) < 4.78 is 1.74. The van der Waals surface area contributed by atoms with Gasteiger partial charge >= 0.3 is 0 Å². The van der Waals surface area contributed by atoms with Gasteiger partial charge < -0.3 is 5.32 Å². The number of aromatic nitrogens is 4. The lowest BCUT2D eigenvalue weighted by Gasteiger charge is -2.01. The van der Waals surface area contributed by atoms with E-state index in [2.05, 4.69) is 20.6 Å². The molecular formula is C9H10ClN5. The maximum absolute atomic E-state index is 5.63. The van der Waals surface area contributed by atoms with E-state index in [1.165, 1.54) is 0 Å². The predicted molar refractivity (Wildman–Crippen MR) is 58.3 cm³/mol. The highest BCUT2D eigenvalue weighted by atomic mass is 35.5. The Kier molecular flexibility index (Phi) is 2.55. The van der Waals surface area contributed by atoms with Crippen LogP contribution in [0.1, 0.15) is 5.69 Å². The van der Waals surface area contributed by atoms with Gasteiger partial charge in [-0.25, -0.2) is 0 Å². The molecule has 0 aliphatic carbocycles. The molecule has 2 aromatic rings. The smallest absolute Gasteiger partial charge is 0.153 e. The second kappa shape index (κ2) is 3.86. The predicted octanol–water partition coefficient (Wildman–Crippen LogP) is 1.92. The minimum atomic E-state index is 0.378. The number of nitrogens with one attached hydrogen (secondary N) is 1. The molecule has 2 heterocycles. The van der Waals surface area contributed by atoms with E-state index in [1.54, 1.807) is 16.8 Å². The van der Waals surface area contributed by atoms with Crippen LogP contribution in [0.5, 0.6) is 0 Å². The SMILES string of the molecule is Cc1nn(C)cc1Nc1ccc(Cl)nn1. The second-order valence-corrected chi connectivity index (χ2v) is 3.56. The maximum Gasteiger partial charge on any atom is 0.153 e. The minimum absolute atomic E-state index is 0.378. The second-order valence-electron chi connectivity index (χ2n) is 3.17. The van der Waals surface area contributed by atoms with Crippen LogP contribution in [0.3, 0.4) is 0 Å². The Morgan fingerprint density at radius 2 is 2.13 bits per heavy atom. The summed E-state index contributed by atoms with van der Waals surface area (Å²) in [6.07, 6.45) is 1.88. The van der Waals surface area contributed by atoms with Crippen molar-refractivity contribution < 1.29 is 0 Å². The first-order valence-electron chi connectivity index (χ1n) is 4.41. The van der Waals surface area contributed by atoms with Gasteiger partial charge in [0, 0.05) is 13.2 Å². The molecule has 5 nitrogen and oxygen atoms in total.